The number of nitrogens with zero attached hydrogens (tertiary/aromatic N) is 4. The van der Waals surface area contributed by atoms with Gasteiger partial charge in [-0.05, 0) is 49.1 Å². The number of carbonyl (C=O) groups is 3. The number of hydrogen-bond donors (Lipinski definition) is 1. The molecule has 1 atom stereocenters. The van der Waals surface area contributed by atoms with E-state index in [1.165, 1.54) is 54.3 Å². The van der Waals surface area contributed by atoms with Gasteiger partial charge in [0.2, 0.25) is 5.91 Å². The first-order valence-corrected chi connectivity index (χ1v) is 10.1. The molecule has 2 heterocycles. The number of aryl methyl sites for hydroxylation is 1. The number of rotatable bonds is 5. The first-order valence-electron chi connectivity index (χ1n) is 10.1. The minimum absolute atomic E-state index is 0.0731. The Morgan fingerprint density at radius 1 is 1.06 bits per heavy atom. The van der Waals surface area contributed by atoms with Gasteiger partial charge in [-0.2, -0.15) is 0 Å². The number of fused-ring (bicyclic) bond motifs is 1. The van der Waals surface area contributed by atoms with E-state index in [9.17, 15) is 34.6 Å². The van der Waals surface area contributed by atoms with Crippen LogP contribution in [0.2, 0.25) is 0 Å². The van der Waals surface area contributed by atoms with Crippen LogP contribution in [0.5, 0.6) is 0 Å². The Balaban J connectivity index is 1.55. The minimum Gasteiger partial charge on any atom is -0.319 e. The molecule has 0 aromatic heterocycles. The van der Waals surface area contributed by atoms with E-state index in [0.717, 1.165) is 4.90 Å². The summed E-state index contributed by atoms with van der Waals surface area (Å²) in [6, 6.07) is 8.71. The number of imide groups is 1. The van der Waals surface area contributed by atoms with Gasteiger partial charge in [0, 0.05) is 36.5 Å². The normalized spacial score (nSPS) is 19.8. The van der Waals surface area contributed by atoms with Gasteiger partial charge in [0.05, 0.1) is 9.85 Å². The van der Waals surface area contributed by atoms with Crippen molar-refractivity contribution in [1.29, 1.82) is 0 Å². The van der Waals surface area contributed by atoms with Crippen LogP contribution >= 0.6 is 0 Å². The molecule has 0 bridgehead atoms. The van der Waals surface area contributed by atoms with Crippen molar-refractivity contribution < 1.29 is 24.2 Å². The average Bonchev–Trinajstić information content (AvgIpc) is 3.02. The number of anilines is 1. The molecule has 1 unspecified atom stereocenters. The lowest BCUT2D eigenvalue weighted by Crippen LogP contribution is -2.46. The fraction of sp³-hybridized carbons (Fsp3) is 0.286. The van der Waals surface area contributed by atoms with E-state index in [1.54, 1.807) is 0 Å². The van der Waals surface area contributed by atoms with Crippen LogP contribution < -0.4 is 10.2 Å². The average molecular weight is 453 g/mol. The van der Waals surface area contributed by atoms with E-state index in [0.29, 0.717) is 36.2 Å². The predicted octanol–water partition coefficient (Wildman–Crippen LogP) is 2.25. The molecule has 1 N–H and O–H groups in total. The van der Waals surface area contributed by atoms with Crippen LogP contribution in [-0.2, 0) is 21.5 Å². The Morgan fingerprint density at radius 2 is 1.70 bits per heavy atom. The lowest BCUT2D eigenvalue weighted by Gasteiger charge is -2.30. The summed E-state index contributed by atoms with van der Waals surface area (Å²) >= 11 is 0. The van der Waals surface area contributed by atoms with Crippen LogP contribution in [0.25, 0.3) is 0 Å². The van der Waals surface area contributed by atoms with Gasteiger partial charge in [-0.25, -0.2) is 4.79 Å². The molecule has 2 aliphatic heterocycles. The highest BCUT2D eigenvalue weighted by Crippen LogP contribution is 2.32. The SMILES string of the molecule is CC1(c2ccc([N+](=O)[O-])cc2)NC(=O)N(CC(=O)N2CCCc3cc([N+](=O)[O-])ccc32)C1=O. The summed E-state index contributed by atoms with van der Waals surface area (Å²) in [6.45, 7) is 1.31. The molecular formula is C21H19N5O7. The van der Waals surface area contributed by atoms with Crippen LogP contribution in [0.15, 0.2) is 42.5 Å². The number of nitro benzene ring substituents is 2. The summed E-state index contributed by atoms with van der Waals surface area (Å²) in [5.41, 5.74) is -0.200. The zero-order chi connectivity index (χ0) is 23.9. The van der Waals surface area contributed by atoms with Crippen LogP contribution in [0.1, 0.15) is 24.5 Å². The van der Waals surface area contributed by atoms with Crippen LogP contribution in [0, 0.1) is 20.2 Å². The molecule has 33 heavy (non-hydrogen) atoms. The number of nitro groups is 2. The Hall–Kier alpha value is -4.35. The highest BCUT2D eigenvalue weighted by molar-refractivity contribution is 6.10. The number of non-ortho nitro benzene ring substituents is 2. The first kappa shape index (κ1) is 21.9. The summed E-state index contributed by atoms with van der Waals surface area (Å²) < 4.78 is 0. The van der Waals surface area contributed by atoms with Gasteiger partial charge in [-0.15, -0.1) is 0 Å². The van der Waals surface area contributed by atoms with Crippen LogP contribution in [-0.4, -0.2) is 45.7 Å². The van der Waals surface area contributed by atoms with E-state index in [1.807, 2.05) is 0 Å². The van der Waals surface area contributed by atoms with Crippen molar-refractivity contribution in [3.8, 4) is 0 Å². The number of carbonyl (C=O) groups excluding carboxylic acids is 3. The van der Waals surface area contributed by atoms with Gasteiger partial charge in [-0.1, -0.05) is 0 Å². The molecular weight excluding hydrogens is 434 g/mol. The standard InChI is InChI=1S/C21H19N5O7/c1-21(14-4-6-15(7-5-14)25(30)31)19(28)24(20(29)22-21)12-18(27)23-10-2-3-13-11-16(26(32)33)8-9-17(13)23/h4-9,11H,2-3,10,12H2,1H3,(H,22,29). The van der Waals surface area contributed by atoms with Crippen molar-refractivity contribution in [3.05, 3.63) is 73.8 Å². The first-order chi connectivity index (χ1) is 15.6. The second-order valence-corrected chi connectivity index (χ2v) is 7.97. The summed E-state index contributed by atoms with van der Waals surface area (Å²) in [7, 11) is 0. The number of hydrogen-bond acceptors (Lipinski definition) is 7. The van der Waals surface area contributed by atoms with E-state index in [4.69, 9.17) is 0 Å². The maximum absolute atomic E-state index is 13.1. The Bertz CT molecular complexity index is 1200. The second-order valence-electron chi connectivity index (χ2n) is 7.97. The van der Waals surface area contributed by atoms with Crippen LogP contribution in [0.4, 0.5) is 21.9 Å². The van der Waals surface area contributed by atoms with Gasteiger partial charge >= 0.3 is 6.03 Å². The Morgan fingerprint density at radius 3 is 2.33 bits per heavy atom. The van der Waals surface area contributed by atoms with Crippen molar-refractivity contribution in [1.82, 2.24) is 10.2 Å². The molecule has 0 aliphatic carbocycles. The number of benzene rings is 2. The highest BCUT2D eigenvalue weighted by Gasteiger charge is 2.50. The fourth-order valence-corrected chi connectivity index (χ4v) is 4.13. The summed E-state index contributed by atoms with van der Waals surface area (Å²) in [5.74, 6) is -1.16. The quantitative estimate of drug-likeness (QED) is 0.413. The smallest absolute Gasteiger partial charge is 0.319 e. The molecule has 1 fully saturated rings. The van der Waals surface area contributed by atoms with Crippen LogP contribution in [0.3, 0.4) is 0 Å². The van der Waals surface area contributed by atoms with Crippen molar-refractivity contribution in [2.45, 2.75) is 25.3 Å². The third-order valence-corrected chi connectivity index (χ3v) is 5.92. The molecule has 4 amide bonds. The third kappa shape index (κ3) is 3.75. The molecule has 170 valence electrons. The van der Waals surface area contributed by atoms with E-state index in [-0.39, 0.29) is 11.4 Å². The summed E-state index contributed by atoms with van der Waals surface area (Å²) in [5, 5.41) is 24.5. The predicted molar refractivity (Wildman–Crippen MR) is 114 cm³/mol. The van der Waals surface area contributed by atoms with Gasteiger partial charge in [0.1, 0.15) is 12.1 Å². The molecule has 4 rings (SSSR count). The summed E-state index contributed by atoms with van der Waals surface area (Å²) in [6.07, 6.45) is 1.16. The van der Waals surface area contributed by atoms with Crippen molar-refractivity contribution in [2.75, 3.05) is 18.0 Å². The minimum atomic E-state index is -1.48. The van der Waals surface area contributed by atoms with Gasteiger partial charge < -0.3 is 10.2 Å². The van der Waals surface area contributed by atoms with Gasteiger partial charge in [-0.3, -0.25) is 34.7 Å². The molecule has 0 radical (unpaired) electrons. The van der Waals surface area contributed by atoms with Crippen molar-refractivity contribution in [2.24, 2.45) is 0 Å². The highest BCUT2D eigenvalue weighted by atomic mass is 16.6. The van der Waals surface area contributed by atoms with Crippen molar-refractivity contribution in [3.63, 3.8) is 0 Å². The molecule has 0 spiro atoms. The number of urea groups is 1. The fourth-order valence-electron chi connectivity index (χ4n) is 4.13. The number of nitrogens with one attached hydrogen (secondary N) is 1. The molecule has 2 aromatic carbocycles. The Kier molecular flexibility index (Phi) is 5.28. The lowest BCUT2D eigenvalue weighted by atomic mass is 9.92. The largest absolute Gasteiger partial charge is 0.325 e. The lowest BCUT2D eigenvalue weighted by molar-refractivity contribution is -0.385. The third-order valence-electron chi connectivity index (χ3n) is 5.92. The van der Waals surface area contributed by atoms with E-state index < -0.39 is 39.8 Å². The maximum Gasteiger partial charge on any atom is 0.325 e. The second kappa shape index (κ2) is 7.97. The zero-order valence-electron chi connectivity index (χ0n) is 17.5. The topological polar surface area (TPSA) is 156 Å². The van der Waals surface area contributed by atoms with Gasteiger partial charge in [0.15, 0.2) is 0 Å². The zero-order valence-corrected chi connectivity index (χ0v) is 17.5. The van der Waals surface area contributed by atoms with Crippen molar-refractivity contribution >= 4 is 34.9 Å². The monoisotopic (exact) mass is 453 g/mol. The molecule has 2 aliphatic rings. The number of amides is 4. The molecule has 2 aromatic rings. The van der Waals surface area contributed by atoms with Gasteiger partial charge in [0.25, 0.3) is 17.3 Å². The maximum atomic E-state index is 13.1. The molecule has 1 saturated heterocycles. The van der Waals surface area contributed by atoms with E-state index >= 15 is 0 Å². The molecule has 12 nitrogen and oxygen atoms in total. The molecule has 12 heteroatoms. The van der Waals surface area contributed by atoms with E-state index in [2.05, 4.69) is 5.32 Å². The summed E-state index contributed by atoms with van der Waals surface area (Å²) in [4.78, 5) is 61.8. The molecule has 0 saturated carbocycles. The Labute approximate surface area is 187 Å².